The van der Waals surface area contributed by atoms with Gasteiger partial charge in [-0.3, -0.25) is 0 Å². The van der Waals surface area contributed by atoms with E-state index < -0.39 is 0 Å². The lowest BCUT2D eigenvalue weighted by atomic mass is 9.88. The van der Waals surface area contributed by atoms with Crippen molar-refractivity contribution in [1.29, 1.82) is 0 Å². The van der Waals surface area contributed by atoms with E-state index in [2.05, 4.69) is 28.7 Å². The molecule has 0 unspecified atom stereocenters. The zero-order valence-electron chi connectivity index (χ0n) is 7.26. The van der Waals surface area contributed by atoms with Crippen LogP contribution in [0.1, 0.15) is 30.0 Å². The van der Waals surface area contributed by atoms with E-state index in [-0.39, 0.29) is 6.04 Å². The Kier molecular flexibility index (Phi) is 2.47. The third-order valence-corrected chi connectivity index (χ3v) is 3.16. The molecule has 70 valence electrons. The first-order valence-electron chi connectivity index (χ1n) is 4.45. The number of hydrogen-bond acceptors (Lipinski definition) is 2. The molecule has 1 aliphatic rings. The van der Waals surface area contributed by atoms with Gasteiger partial charge in [0.05, 0.1) is 0 Å². The van der Waals surface area contributed by atoms with Crippen molar-refractivity contribution in [2.24, 2.45) is 5.73 Å². The van der Waals surface area contributed by atoms with Gasteiger partial charge in [0.25, 0.3) is 0 Å². The highest BCUT2D eigenvalue weighted by Crippen LogP contribution is 2.35. The summed E-state index contributed by atoms with van der Waals surface area (Å²) in [5.74, 6) is 0.370. The molecule has 0 saturated heterocycles. The van der Waals surface area contributed by atoms with Crippen molar-refractivity contribution in [2.45, 2.75) is 25.3 Å². The largest absolute Gasteiger partial charge is 0.508 e. The number of phenolic OH excluding ortho intramolecular Hbond substituents is 1. The molecule has 0 saturated carbocycles. The van der Waals surface area contributed by atoms with Gasteiger partial charge in [-0.15, -0.1) is 0 Å². The molecule has 0 spiro atoms. The SMILES string of the molecule is N[C@@H]1CCCc2cc(I)cc(O)c21. The van der Waals surface area contributed by atoms with Crippen LogP contribution in [0.2, 0.25) is 0 Å². The number of benzene rings is 1. The molecule has 1 aromatic carbocycles. The summed E-state index contributed by atoms with van der Waals surface area (Å²) >= 11 is 2.22. The minimum atomic E-state index is 0.0285. The van der Waals surface area contributed by atoms with E-state index in [0.717, 1.165) is 28.4 Å². The van der Waals surface area contributed by atoms with Crippen LogP contribution < -0.4 is 5.73 Å². The molecule has 1 aliphatic carbocycles. The predicted octanol–water partition coefficient (Wildman–Crippen LogP) is 2.33. The van der Waals surface area contributed by atoms with Gasteiger partial charge in [0.2, 0.25) is 0 Å². The van der Waals surface area contributed by atoms with Gasteiger partial charge < -0.3 is 10.8 Å². The van der Waals surface area contributed by atoms with Crippen LogP contribution in [0.25, 0.3) is 0 Å². The van der Waals surface area contributed by atoms with Crippen molar-refractivity contribution in [2.75, 3.05) is 0 Å². The summed E-state index contributed by atoms with van der Waals surface area (Å²) in [4.78, 5) is 0. The highest BCUT2D eigenvalue weighted by Gasteiger charge is 2.20. The topological polar surface area (TPSA) is 46.2 Å². The van der Waals surface area contributed by atoms with Crippen LogP contribution in [0, 0.1) is 3.57 Å². The molecule has 0 aliphatic heterocycles. The Morgan fingerprint density at radius 2 is 2.23 bits per heavy atom. The van der Waals surface area contributed by atoms with Gasteiger partial charge in [0.15, 0.2) is 0 Å². The second kappa shape index (κ2) is 3.46. The maximum Gasteiger partial charge on any atom is 0.121 e. The second-order valence-corrected chi connectivity index (χ2v) is 4.74. The van der Waals surface area contributed by atoms with Crippen molar-refractivity contribution in [1.82, 2.24) is 0 Å². The summed E-state index contributed by atoms with van der Waals surface area (Å²) in [6, 6.07) is 3.93. The Labute approximate surface area is 91.3 Å². The van der Waals surface area contributed by atoms with E-state index in [4.69, 9.17) is 5.73 Å². The number of aryl methyl sites for hydroxylation is 1. The minimum absolute atomic E-state index is 0.0285. The molecule has 3 N–H and O–H groups in total. The molecule has 3 heteroatoms. The second-order valence-electron chi connectivity index (χ2n) is 3.50. The quantitative estimate of drug-likeness (QED) is 0.720. The average Bonchev–Trinajstić information content (AvgIpc) is 2.02. The highest BCUT2D eigenvalue weighted by atomic mass is 127. The number of fused-ring (bicyclic) bond motifs is 1. The molecule has 0 radical (unpaired) electrons. The normalized spacial score (nSPS) is 21.2. The Hall–Kier alpha value is -0.290. The number of rotatable bonds is 0. The van der Waals surface area contributed by atoms with Crippen molar-refractivity contribution in [3.05, 3.63) is 26.8 Å². The summed E-state index contributed by atoms with van der Waals surface area (Å²) in [7, 11) is 0. The number of aromatic hydroxyl groups is 1. The van der Waals surface area contributed by atoms with Crippen molar-refractivity contribution < 1.29 is 5.11 Å². The summed E-state index contributed by atoms with van der Waals surface area (Å²) in [6.45, 7) is 0. The van der Waals surface area contributed by atoms with Crippen LogP contribution in [-0.4, -0.2) is 5.11 Å². The summed E-state index contributed by atoms with van der Waals surface area (Å²) in [5, 5.41) is 9.72. The van der Waals surface area contributed by atoms with Gasteiger partial charge in [-0.25, -0.2) is 0 Å². The Morgan fingerprint density at radius 3 is 3.00 bits per heavy atom. The maximum absolute atomic E-state index is 9.72. The fourth-order valence-electron chi connectivity index (χ4n) is 1.95. The minimum Gasteiger partial charge on any atom is -0.508 e. The molecule has 1 aromatic rings. The van der Waals surface area contributed by atoms with Crippen LogP contribution in [-0.2, 0) is 6.42 Å². The Balaban J connectivity index is 2.56. The summed E-state index contributed by atoms with van der Waals surface area (Å²) in [5.41, 5.74) is 8.12. The van der Waals surface area contributed by atoms with Gasteiger partial charge >= 0.3 is 0 Å². The Bertz CT molecular complexity index is 338. The van der Waals surface area contributed by atoms with Crippen LogP contribution >= 0.6 is 22.6 Å². The van der Waals surface area contributed by atoms with E-state index in [1.165, 1.54) is 5.56 Å². The molecule has 1 atom stereocenters. The standard InChI is InChI=1S/C10H12INO/c11-7-4-6-2-1-3-8(12)10(6)9(13)5-7/h4-5,8,13H,1-3,12H2/t8-/m1/s1. The van der Waals surface area contributed by atoms with E-state index in [1.807, 2.05) is 0 Å². The smallest absolute Gasteiger partial charge is 0.121 e. The lowest BCUT2D eigenvalue weighted by Crippen LogP contribution is -2.17. The molecule has 0 fully saturated rings. The van der Waals surface area contributed by atoms with Crippen molar-refractivity contribution in [3.63, 3.8) is 0 Å². The first-order chi connectivity index (χ1) is 6.18. The fourth-order valence-corrected chi connectivity index (χ4v) is 2.62. The molecular weight excluding hydrogens is 277 g/mol. The molecule has 0 amide bonds. The summed E-state index contributed by atoms with van der Waals surface area (Å²) < 4.78 is 1.09. The third kappa shape index (κ3) is 1.67. The van der Waals surface area contributed by atoms with E-state index in [0.29, 0.717) is 5.75 Å². The molecule has 0 heterocycles. The number of nitrogens with two attached hydrogens (primary N) is 1. The first kappa shape index (κ1) is 9.27. The lowest BCUT2D eigenvalue weighted by Gasteiger charge is -2.23. The number of halogens is 1. The molecule has 0 bridgehead atoms. The maximum atomic E-state index is 9.72. The molecule has 0 aromatic heterocycles. The number of hydrogen-bond donors (Lipinski definition) is 2. The third-order valence-electron chi connectivity index (χ3n) is 2.54. The molecule has 2 rings (SSSR count). The first-order valence-corrected chi connectivity index (χ1v) is 5.53. The zero-order valence-corrected chi connectivity index (χ0v) is 9.41. The highest BCUT2D eigenvalue weighted by molar-refractivity contribution is 14.1. The van der Waals surface area contributed by atoms with Gasteiger partial charge in [0, 0.05) is 15.2 Å². The van der Waals surface area contributed by atoms with Gasteiger partial charge in [-0.2, -0.15) is 0 Å². The fraction of sp³-hybridized carbons (Fsp3) is 0.400. The lowest BCUT2D eigenvalue weighted by molar-refractivity contribution is 0.447. The molecular formula is C10H12INO. The van der Waals surface area contributed by atoms with Crippen LogP contribution in [0.5, 0.6) is 5.75 Å². The molecule has 13 heavy (non-hydrogen) atoms. The van der Waals surface area contributed by atoms with Crippen LogP contribution in [0.3, 0.4) is 0 Å². The van der Waals surface area contributed by atoms with Crippen LogP contribution in [0.4, 0.5) is 0 Å². The number of phenols is 1. The average molecular weight is 289 g/mol. The monoisotopic (exact) mass is 289 g/mol. The van der Waals surface area contributed by atoms with Gasteiger partial charge in [0.1, 0.15) is 5.75 Å². The van der Waals surface area contributed by atoms with Gasteiger partial charge in [-0.05, 0) is 59.5 Å². The Morgan fingerprint density at radius 1 is 1.46 bits per heavy atom. The van der Waals surface area contributed by atoms with E-state index in [1.54, 1.807) is 6.07 Å². The predicted molar refractivity (Wildman–Crippen MR) is 60.7 cm³/mol. The summed E-state index contributed by atoms with van der Waals surface area (Å²) in [6.07, 6.45) is 3.17. The van der Waals surface area contributed by atoms with Crippen molar-refractivity contribution in [3.8, 4) is 5.75 Å². The molecule has 2 nitrogen and oxygen atoms in total. The zero-order chi connectivity index (χ0) is 9.42. The van der Waals surface area contributed by atoms with Crippen LogP contribution in [0.15, 0.2) is 12.1 Å². The van der Waals surface area contributed by atoms with E-state index >= 15 is 0 Å². The van der Waals surface area contributed by atoms with Crippen molar-refractivity contribution >= 4 is 22.6 Å². The van der Waals surface area contributed by atoms with Gasteiger partial charge in [-0.1, -0.05) is 0 Å². The van der Waals surface area contributed by atoms with E-state index in [9.17, 15) is 5.11 Å².